The summed E-state index contributed by atoms with van der Waals surface area (Å²) in [6.07, 6.45) is 5.34. The van der Waals surface area contributed by atoms with Crippen molar-refractivity contribution in [2.45, 2.75) is 39.2 Å². The van der Waals surface area contributed by atoms with Crippen molar-refractivity contribution in [3.8, 4) is 0 Å². The molecule has 0 saturated carbocycles. The second kappa shape index (κ2) is 6.71. The van der Waals surface area contributed by atoms with Crippen LogP contribution in [0.5, 0.6) is 0 Å². The number of hydrazine groups is 1. The molecule has 1 saturated heterocycles. The minimum absolute atomic E-state index is 0.744. The molecule has 1 fully saturated rings. The van der Waals surface area contributed by atoms with Gasteiger partial charge in [0.25, 0.3) is 0 Å². The second-order valence-corrected chi connectivity index (χ2v) is 5.14. The Morgan fingerprint density at radius 3 is 3.06 bits per heavy atom. The van der Waals surface area contributed by atoms with E-state index >= 15 is 0 Å². The molecule has 0 bridgehead atoms. The SMILES string of the molecule is CCC1CCCN(Cc2cccc(NN)n2)CC1. The predicted molar refractivity (Wildman–Crippen MR) is 75.0 cm³/mol. The summed E-state index contributed by atoms with van der Waals surface area (Å²) in [7, 11) is 0. The van der Waals surface area contributed by atoms with E-state index in [0.717, 1.165) is 24.0 Å². The number of aromatic nitrogens is 1. The standard InChI is InChI=1S/C14H24N4/c1-2-12-5-4-9-18(10-8-12)11-13-6-3-7-14(16-13)17-15/h3,6-7,12H,2,4-5,8-11,15H2,1H3,(H,16,17). The maximum Gasteiger partial charge on any atom is 0.140 e. The molecule has 3 N–H and O–H groups in total. The number of nitrogen functional groups attached to an aromatic ring is 1. The molecular weight excluding hydrogens is 224 g/mol. The quantitative estimate of drug-likeness (QED) is 0.634. The van der Waals surface area contributed by atoms with E-state index in [0.29, 0.717) is 0 Å². The van der Waals surface area contributed by atoms with Crippen molar-refractivity contribution < 1.29 is 0 Å². The number of pyridine rings is 1. The molecule has 1 aliphatic rings. The highest BCUT2D eigenvalue weighted by Crippen LogP contribution is 2.21. The summed E-state index contributed by atoms with van der Waals surface area (Å²) in [6, 6.07) is 5.96. The predicted octanol–water partition coefficient (Wildman–Crippen LogP) is 2.38. The monoisotopic (exact) mass is 248 g/mol. The fraction of sp³-hybridized carbons (Fsp3) is 0.643. The summed E-state index contributed by atoms with van der Waals surface area (Å²) in [5.41, 5.74) is 3.70. The molecule has 2 heterocycles. The van der Waals surface area contributed by atoms with Crippen molar-refractivity contribution in [1.82, 2.24) is 9.88 Å². The van der Waals surface area contributed by atoms with Crippen LogP contribution in [0.15, 0.2) is 18.2 Å². The van der Waals surface area contributed by atoms with Crippen LogP contribution in [0.4, 0.5) is 5.82 Å². The minimum atomic E-state index is 0.744. The molecule has 0 spiro atoms. The number of likely N-dealkylation sites (tertiary alicyclic amines) is 1. The molecule has 18 heavy (non-hydrogen) atoms. The lowest BCUT2D eigenvalue weighted by atomic mass is 9.98. The molecule has 2 rings (SSSR count). The van der Waals surface area contributed by atoms with Gasteiger partial charge >= 0.3 is 0 Å². The number of nitrogens with two attached hydrogens (primary N) is 1. The summed E-state index contributed by atoms with van der Waals surface area (Å²) in [6.45, 7) is 5.63. The van der Waals surface area contributed by atoms with Gasteiger partial charge in [0.2, 0.25) is 0 Å². The summed E-state index contributed by atoms with van der Waals surface area (Å²) in [4.78, 5) is 6.99. The zero-order valence-electron chi connectivity index (χ0n) is 11.2. The highest BCUT2D eigenvalue weighted by molar-refractivity contribution is 5.33. The highest BCUT2D eigenvalue weighted by Gasteiger charge is 2.16. The molecule has 100 valence electrons. The number of nitrogens with zero attached hydrogens (tertiary/aromatic N) is 2. The number of hydrogen-bond donors (Lipinski definition) is 2. The van der Waals surface area contributed by atoms with E-state index in [1.54, 1.807) is 0 Å². The molecule has 4 heteroatoms. The largest absolute Gasteiger partial charge is 0.308 e. The van der Waals surface area contributed by atoms with Crippen LogP contribution in [-0.2, 0) is 6.54 Å². The van der Waals surface area contributed by atoms with E-state index in [1.165, 1.54) is 38.8 Å². The first-order valence-corrected chi connectivity index (χ1v) is 6.96. The molecule has 0 aliphatic carbocycles. The Labute approximate surface area is 110 Å². The summed E-state index contributed by atoms with van der Waals surface area (Å²) in [5, 5.41) is 0. The van der Waals surface area contributed by atoms with Crippen molar-refractivity contribution in [1.29, 1.82) is 0 Å². The first kappa shape index (κ1) is 13.3. The average Bonchev–Trinajstić information content (AvgIpc) is 2.64. The van der Waals surface area contributed by atoms with Crippen molar-refractivity contribution in [2.75, 3.05) is 18.5 Å². The van der Waals surface area contributed by atoms with Crippen LogP contribution in [-0.4, -0.2) is 23.0 Å². The molecular formula is C14H24N4. The Balaban J connectivity index is 1.92. The first-order valence-electron chi connectivity index (χ1n) is 6.96. The highest BCUT2D eigenvalue weighted by atomic mass is 15.3. The zero-order valence-corrected chi connectivity index (χ0v) is 11.2. The fourth-order valence-corrected chi connectivity index (χ4v) is 2.67. The molecule has 0 amide bonds. The van der Waals surface area contributed by atoms with Gasteiger partial charge in [-0.3, -0.25) is 4.90 Å². The third kappa shape index (κ3) is 3.68. The molecule has 1 unspecified atom stereocenters. The Kier molecular flexibility index (Phi) is 4.96. The third-order valence-corrected chi connectivity index (χ3v) is 3.86. The van der Waals surface area contributed by atoms with Gasteiger partial charge in [0, 0.05) is 6.54 Å². The molecule has 1 atom stereocenters. The van der Waals surface area contributed by atoms with Gasteiger partial charge in [-0.1, -0.05) is 19.4 Å². The van der Waals surface area contributed by atoms with Gasteiger partial charge < -0.3 is 5.43 Å². The normalized spacial score (nSPS) is 21.6. The Hall–Kier alpha value is -1.13. The lowest BCUT2D eigenvalue weighted by Crippen LogP contribution is -2.25. The van der Waals surface area contributed by atoms with Gasteiger partial charge in [0.1, 0.15) is 5.82 Å². The number of anilines is 1. The maximum absolute atomic E-state index is 5.39. The van der Waals surface area contributed by atoms with Gasteiger partial charge in [0.05, 0.1) is 5.69 Å². The minimum Gasteiger partial charge on any atom is -0.308 e. The van der Waals surface area contributed by atoms with E-state index in [1.807, 2.05) is 12.1 Å². The van der Waals surface area contributed by atoms with Crippen LogP contribution < -0.4 is 11.3 Å². The Morgan fingerprint density at radius 2 is 2.28 bits per heavy atom. The summed E-state index contributed by atoms with van der Waals surface area (Å²) >= 11 is 0. The number of hydrogen-bond acceptors (Lipinski definition) is 4. The Bertz CT molecular complexity index is 367. The number of nitrogens with one attached hydrogen (secondary N) is 1. The molecule has 0 aromatic carbocycles. The van der Waals surface area contributed by atoms with Crippen LogP contribution in [0.3, 0.4) is 0 Å². The van der Waals surface area contributed by atoms with Crippen LogP contribution in [0, 0.1) is 5.92 Å². The molecule has 0 radical (unpaired) electrons. The third-order valence-electron chi connectivity index (χ3n) is 3.86. The smallest absolute Gasteiger partial charge is 0.140 e. The summed E-state index contributed by atoms with van der Waals surface area (Å²) < 4.78 is 0. The topological polar surface area (TPSA) is 54.2 Å². The van der Waals surface area contributed by atoms with Gasteiger partial charge in [0.15, 0.2) is 0 Å². The summed E-state index contributed by atoms with van der Waals surface area (Å²) in [5.74, 6) is 7.05. The van der Waals surface area contributed by atoms with Crippen molar-refractivity contribution >= 4 is 5.82 Å². The van der Waals surface area contributed by atoms with E-state index in [4.69, 9.17) is 5.84 Å². The van der Waals surface area contributed by atoms with Crippen molar-refractivity contribution in [3.63, 3.8) is 0 Å². The van der Waals surface area contributed by atoms with Crippen LogP contribution in [0.2, 0.25) is 0 Å². The fourth-order valence-electron chi connectivity index (χ4n) is 2.67. The van der Waals surface area contributed by atoms with E-state index < -0.39 is 0 Å². The maximum atomic E-state index is 5.39. The van der Waals surface area contributed by atoms with Gasteiger partial charge in [-0.2, -0.15) is 0 Å². The molecule has 4 nitrogen and oxygen atoms in total. The van der Waals surface area contributed by atoms with Crippen LogP contribution in [0.1, 0.15) is 38.3 Å². The number of rotatable bonds is 4. The van der Waals surface area contributed by atoms with Gasteiger partial charge in [-0.15, -0.1) is 0 Å². The van der Waals surface area contributed by atoms with E-state index in [9.17, 15) is 0 Å². The van der Waals surface area contributed by atoms with Gasteiger partial charge in [-0.25, -0.2) is 10.8 Å². The first-order chi connectivity index (χ1) is 8.81. The van der Waals surface area contributed by atoms with E-state index in [-0.39, 0.29) is 0 Å². The van der Waals surface area contributed by atoms with Crippen LogP contribution >= 0.6 is 0 Å². The molecule has 1 aromatic heterocycles. The molecule has 1 aromatic rings. The average molecular weight is 248 g/mol. The van der Waals surface area contributed by atoms with Gasteiger partial charge in [-0.05, 0) is 50.4 Å². The lowest BCUT2D eigenvalue weighted by molar-refractivity contribution is 0.269. The second-order valence-electron chi connectivity index (χ2n) is 5.14. The van der Waals surface area contributed by atoms with Crippen molar-refractivity contribution in [3.05, 3.63) is 23.9 Å². The Morgan fingerprint density at radius 1 is 1.39 bits per heavy atom. The zero-order chi connectivity index (χ0) is 12.8. The lowest BCUT2D eigenvalue weighted by Gasteiger charge is -2.19. The van der Waals surface area contributed by atoms with E-state index in [2.05, 4.69) is 28.3 Å². The van der Waals surface area contributed by atoms with Crippen molar-refractivity contribution in [2.24, 2.45) is 11.8 Å². The van der Waals surface area contributed by atoms with Crippen LogP contribution in [0.25, 0.3) is 0 Å². The molecule has 1 aliphatic heterocycles.